The van der Waals surface area contributed by atoms with Crippen LogP contribution in [0.2, 0.25) is 0 Å². The Morgan fingerprint density at radius 3 is 2.39 bits per heavy atom. The molecule has 3 rings (SSSR count). The summed E-state index contributed by atoms with van der Waals surface area (Å²) >= 11 is 0. The Hall–Kier alpha value is -3.38. The summed E-state index contributed by atoms with van der Waals surface area (Å²) in [5.74, 6) is 0.581. The number of hydrogen-bond donors (Lipinski definition) is 2. The quantitative estimate of drug-likeness (QED) is 0.589. The molecule has 0 aliphatic rings. The lowest BCUT2D eigenvalue weighted by atomic mass is 10.1. The van der Waals surface area contributed by atoms with E-state index in [0.717, 1.165) is 27.1 Å². The second-order valence-corrected chi connectivity index (χ2v) is 7.60. The van der Waals surface area contributed by atoms with Crippen LogP contribution in [0.25, 0.3) is 10.8 Å². The van der Waals surface area contributed by atoms with Crippen LogP contribution in [0.5, 0.6) is 5.75 Å². The van der Waals surface area contributed by atoms with Gasteiger partial charge in [0.05, 0.1) is 19.8 Å². The number of quaternary nitrogens is 1. The molecule has 0 aliphatic carbocycles. The van der Waals surface area contributed by atoms with E-state index < -0.39 is 0 Å². The van der Waals surface area contributed by atoms with E-state index in [2.05, 4.69) is 5.32 Å². The molecule has 6 nitrogen and oxygen atoms in total. The second-order valence-electron chi connectivity index (χ2n) is 7.60. The molecule has 3 aromatic carbocycles. The molecule has 31 heavy (non-hydrogen) atoms. The summed E-state index contributed by atoms with van der Waals surface area (Å²) in [5.41, 5.74) is 1.59. The van der Waals surface area contributed by atoms with Crippen LogP contribution in [0.4, 0.5) is 11.4 Å². The maximum absolute atomic E-state index is 13.3. The number of nitrogens with one attached hydrogen (secondary N) is 2. The zero-order valence-corrected chi connectivity index (χ0v) is 18.5. The van der Waals surface area contributed by atoms with E-state index in [4.69, 9.17) is 4.74 Å². The molecule has 0 aromatic heterocycles. The highest BCUT2D eigenvalue weighted by molar-refractivity contribution is 6.05. The van der Waals surface area contributed by atoms with E-state index >= 15 is 0 Å². The first-order valence-electron chi connectivity index (χ1n) is 10.5. The summed E-state index contributed by atoms with van der Waals surface area (Å²) in [5, 5.41) is 5.02. The monoisotopic (exact) mass is 420 g/mol. The van der Waals surface area contributed by atoms with Crippen LogP contribution in [-0.2, 0) is 9.59 Å². The molecule has 2 amide bonds. The molecule has 0 bridgehead atoms. The Labute approximate surface area is 183 Å². The smallest absolute Gasteiger partial charge is 0.284 e. The van der Waals surface area contributed by atoms with Gasteiger partial charge in [-0.1, -0.05) is 36.4 Å². The van der Waals surface area contributed by atoms with E-state index in [1.807, 2.05) is 63.4 Å². The fourth-order valence-electron chi connectivity index (χ4n) is 3.62. The van der Waals surface area contributed by atoms with Crippen molar-refractivity contribution in [1.82, 2.24) is 0 Å². The summed E-state index contributed by atoms with van der Waals surface area (Å²) in [6, 6.07) is 20.8. The van der Waals surface area contributed by atoms with E-state index in [0.29, 0.717) is 12.2 Å². The number of benzene rings is 3. The number of anilines is 2. The third-order valence-electron chi connectivity index (χ3n) is 5.56. The lowest BCUT2D eigenvalue weighted by Gasteiger charge is -2.28. The van der Waals surface area contributed by atoms with Crippen molar-refractivity contribution in [2.75, 3.05) is 37.5 Å². The van der Waals surface area contributed by atoms with Crippen molar-refractivity contribution < 1.29 is 19.2 Å². The molecule has 2 atom stereocenters. The van der Waals surface area contributed by atoms with Gasteiger partial charge in [-0.2, -0.15) is 0 Å². The zero-order valence-electron chi connectivity index (χ0n) is 18.5. The van der Waals surface area contributed by atoms with Crippen LogP contribution in [-0.4, -0.2) is 45.1 Å². The van der Waals surface area contributed by atoms with Crippen LogP contribution >= 0.6 is 0 Å². The second kappa shape index (κ2) is 10.1. The summed E-state index contributed by atoms with van der Waals surface area (Å²) in [4.78, 5) is 28.5. The van der Waals surface area contributed by atoms with Crippen molar-refractivity contribution in [3.63, 3.8) is 0 Å². The first-order chi connectivity index (χ1) is 14.9. The van der Waals surface area contributed by atoms with Gasteiger partial charge in [0.1, 0.15) is 5.75 Å². The predicted molar refractivity (Wildman–Crippen MR) is 125 cm³/mol. The van der Waals surface area contributed by atoms with Gasteiger partial charge in [0, 0.05) is 17.6 Å². The summed E-state index contributed by atoms with van der Waals surface area (Å²) < 4.78 is 5.13. The Kier molecular flexibility index (Phi) is 7.26. The molecular formula is C25H30N3O3+. The Morgan fingerprint density at radius 2 is 1.71 bits per heavy atom. The fourth-order valence-corrected chi connectivity index (χ4v) is 3.62. The van der Waals surface area contributed by atoms with E-state index in [1.54, 1.807) is 36.3 Å². The van der Waals surface area contributed by atoms with Gasteiger partial charge in [-0.05, 0) is 49.6 Å². The lowest BCUT2D eigenvalue weighted by Crippen LogP contribution is -3.15. The number of rotatable bonds is 8. The SMILES string of the molecule is CCN(C(=O)[C@H](C)[NH+](C)CC(=O)Nc1ccc(OC)cc1)c1cccc2ccccc12. The van der Waals surface area contributed by atoms with E-state index in [1.165, 1.54) is 0 Å². The number of hydrogen-bond acceptors (Lipinski definition) is 3. The van der Waals surface area contributed by atoms with Crippen molar-refractivity contribution in [3.05, 3.63) is 66.7 Å². The number of amides is 2. The van der Waals surface area contributed by atoms with Crippen molar-refractivity contribution in [2.24, 2.45) is 0 Å². The van der Waals surface area contributed by atoms with Crippen LogP contribution in [0.3, 0.4) is 0 Å². The van der Waals surface area contributed by atoms with Crippen molar-refractivity contribution >= 4 is 34.0 Å². The average Bonchev–Trinajstić information content (AvgIpc) is 2.79. The third kappa shape index (κ3) is 5.22. The Morgan fingerprint density at radius 1 is 1.03 bits per heavy atom. The molecule has 162 valence electrons. The maximum atomic E-state index is 13.3. The number of likely N-dealkylation sites (N-methyl/N-ethyl adjacent to an activating group) is 2. The molecule has 1 unspecified atom stereocenters. The first-order valence-corrected chi connectivity index (χ1v) is 10.5. The predicted octanol–water partition coefficient (Wildman–Crippen LogP) is 2.74. The molecule has 0 spiro atoms. The number of fused-ring (bicyclic) bond motifs is 1. The summed E-state index contributed by atoms with van der Waals surface area (Å²) in [6.45, 7) is 4.58. The van der Waals surface area contributed by atoms with Gasteiger partial charge >= 0.3 is 0 Å². The van der Waals surface area contributed by atoms with E-state index in [9.17, 15) is 9.59 Å². The van der Waals surface area contributed by atoms with Gasteiger partial charge in [-0.25, -0.2) is 0 Å². The van der Waals surface area contributed by atoms with Crippen LogP contribution in [0.1, 0.15) is 13.8 Å². The van der Waals surface area contributed by atoms with Crippen LogP contribution in [0, 0.1) is 0 Å². The van der Waals surface area contributed by atoms with Crippen LogP contribution < -0.4 is 19.9 Å². The molecule has 0 heterocycles. The molecular weight excluding hydrogens is 390 g/mol. The molecule has 3 aromatic rings. The number of nitrogens with zero attached hydrogens (tertiary/aromatic N) is 1. The zero-order chi connectivity index (χ0) is 22.4. The minimum Gasteiger partial charge on any atom is -0.497 e. The fraction of sp³-hybridized carbons (Fsp3) is 0.280. The van der Waals surface area contributed by atoms with Gasteiger partial charge in [0.25, 0.3) is 11.8 Å². The molecule has 0 aliphatic heterocycles. The topological polar surface area (TPSA) is 63.1 Å². The van der Waals surface area contributed by atoms with Gasteiger partial charge in [-0.3, -0.25) is 9.59 Å². The molecule has 0 saturated heterocycles. The molecule has 0 fully saturated rings. The van der Waals surface area contributed by atoms with Gasteiger partial charge < -0.3 is 19.9 Å². The van der Waals surface area contributed by atoms with Gasteiger partial charge in [-0.15, -0.1) is 0 Å². The first kappa shape index (κ1) is 22.3. The molecule has 0 saturated carbocycles. The highest BCUT2D eigenvalue weighted by atomic mass is 16.5. The minimum atomic E-state index is -0.375. The van der Waals surface area contributed by atoms with Crippen molar-refractivity contribution in [2.45, 2.75) is 19.9 Å². The third-order valence-corrected chi connectivity index (χ3v) is 5.56. The summed E-state index contributed by atoms with van der Waals surface area (Å²) in [6.07, 6.45) is 0. The number of carbonyl (C=O) groups is 2. The van der Waals surface area contributed by atoms with Crippen molar-refractivity contribution in [3.8, 4) is 5.75 Å². The largest absolute Gasteiger partial charge is 0.497 e. The van der Waals surface area contributed by atoms with Gasteiger partial charge in [0.2, 0.25) is 0 Å². The highest BCUT2D eigenvalue weighted by Crippen LogP contribution is 2.27. The molecule has 2 N–H and O–H groups in total. The minimum absolute atomic E-state index is 0.00593. The molecule has 6 heteroatoms. The summed E-state index contributed by atoms with van der Waals surface area (Å²) in [7, 11) is 3.47. The van der Waals surface area contributed by atoms with Gasteiger partial charge in [0.15, 0.2) is 12.6 Å². The lowest BCUT2D eigenvalue weighted by molar-refractivity contribution is -0.885. The Balaban J connectivity index is 1.68. The average molecular weight is 421 g/mol. The Bertz CT molecular complexity index is 1040. The van der Waals surface area contributed by atoms with Crippen molar-refractivity contribution in [1.29, 1.82) is 0 Å². The normalized spacial score (nSPS) is 12.8. The molecule has 0 radical (unpaired) electrons. The highest BCUT2D eigenvalue weighted by Gasteiger charge is 2.29. The van der Waals surface area contributed by atoms with E-state index in [-0.39, 0.29) is 24.4 Å². The number of methoxy groups -OCH3 is 1. The number of carbonyl (C=O) groups excluding carboxylic acids is 2. The number of ether oxygens (including phenoxy) is 1. The van der Waals surface area contributed by atoms with Crippen LogP contribution in [0.15, 0.2) is 66.7 Å². The maximum Gasteiger partial charge on any atom is 0.284 e. The standard InChI is InChI=1S/C25H29N3O3/c1-5-28(23-12-8-10-19-9-6-7-11-22(19)23)25(30)18(2)27(3)17-24(29)26-20-13-15-21(31-4)16-14-20/h6-16,18H,5,17H2,1-4H3,(H,26,29)/p+1/t18-/m0/s1.